The molecule has 0 spiro atoms. The SMILES string of the molecule is CCC(C)CCCCCCCCCCCCCCCCC(=O)OC[C@H](COP(=O)(O)OC[C@@H](O)COP(=O)(O)OC[C@@H](COC(=O)CCCCCCCCC(C)CC)OC(=O)CCCCCCCCC(C)CC)OC(=O)CCCCCCCCCCCCCC(C)C. The van der Waals surface area contributed by atoms with Gasteiger partial charge >= 0.3 is 39.5 Å². The smallest absolute Gasteiger partial charge is 0.462 e. The molecule has 546 valence electrons. The van der Waals surface area contributed by atoms with Crippen molar-refractivity contribution in [1.29, 1.82) is 0 Å². The molecule has 0 aliphatic rings. The van der Waals surface area contributed by atoms with Crippen molar-refractivity contribution in [3.63, 3.8) is 0 Å². The molecule has 19 heteroatoms. The van der Waals surface area contributed by atoms with Crippen molar-refractivity contribution in [3.8, 4) is 0 Å². The molecule has 0 aromatic carbocycles. The van der Waals surface area contributed by atoms with Crippen LogP contribution in [0, 0.1) is 23.7 Å². The third kappa shape index (κ3) is 62.8. The van der Waals surface area contributed by atoms with Crippen LogP contribution in [0.25, 0.3) is 0 Å². The third-order valence-corrected chi connectivity index (χ3v) is 19.8. The highest BCUT2D eigenvalue weighted by Crippen LogP contribution is 2.45. The van der Waals surface area contributed by atoms with Gasteiger partial charge in [-0.2, -0.15) is 0 Å². The number of carbonyl (C=O) groups excluding carboxylic acids is 4. The molecule has 0 saturated carbocycles. The van der Waals surface area contributed by atoms with Gasteiger partial charge in [-0.15, -0.1) is 0 Å². The van der Waals surface area contributed by atoms with E-state index in [4.69, 9.17) is 37.0 Å². The molecular formula is C73H142O17P2. The van der Waals surface area contributed by atoms with E-state index >= 15 is 0 Å². The molecule has 3 N–H and O–H groups in total. The second kappa shape index (κ2) is 62.6. The van der Waals surface area contributed by atoms with E-state index in [1.54, 1.807) is 0 Å². The van der Waals surface area contributed by atoms with Crippen molar-refractivity contribution >= 4 is 39.5 Å². The van der Waals surface area contributed by atoms with Gasteiger partial charge < -0.3 is 33.8 Å². The normalized spacial score (nSPS) is 15.1. The molecule has 0 aromatic heterocycles. The highest BCUT2D eigenvalue weighted by molar-refractivity contribution is 7.47. The van der Waals surface area contributed by atoms with Crippen LogP contribution in [0.1, 0.15) is 364 Å². The largest absolute Gasteiger partial charge is 0.472 e. The van der Waals surface area contributed by atoms with Crippen molar-refractivity contribution in [2.75, 3.05) is 39.6 Å². The fourth-order valence-corrected chi connectivity index (χ4v) is 12.5. The lowest BCUT2D eigenvalue weighted by atomic mass is 9.99. The number of rotatable bonds is 70. The Morgan fingerprint density at radius 3 is 0.772 bits per heavy atom. The summed E-state index contributed by atoms with van der Waals surface area (Å²) in [7, 11) is -9.91. The predicted molar refractivity (Wildman–Crippen MR) is 372 cm³/mol. The van der Waals surface area contributed by atoms with Crippen LogP contribution >= 0.6 is 15.6 Å². The lowest BCUT2D eigenvalue weighted by Gasteiger charge is -2.21. The summed E-state index contributed by atoms with van der Waals surface area (Å²) in [5.74, 6) is 0.937. The first-order valence-electron chi connectivity index (χ1n) is 37.8. The molecule has 0 amide bonds. The maximum absolute atomic E-state index is 13.1. The highest BCUT2D eigenvalue weighted by Gasteiger charge is 2.30. The molecule has 5 unspecified atom stereocenters. The molecule has 8 atom stereocenters. The van der Waals surface area contributed by atoms with Crippen LogP contribution in [0.5, 0.6) is 0 Å². The molecule has 92 heavy (non-hydrogen) atoms. The first-order valence-corrected chi connectivity index (χ1v) is 40.8. The van der Waals surface area contributed by atoms with Crippen LogP contribution in [0.15, 0.2) is 0 Å². The Kier molecular flexibility index (Phi) is 61.3. The molecule has 0 aliphatic heterocycles. The molecule has 0 radical (unpaired) electrons. The summed E-state index contributed by atoms with van der Waals surface area (Å²) in [6, 6.07) is 0. The van der Waals surface area contributed by atoms with Crippen LogP contribution in [0.3, 0.4) is 0 Å². The number of phosphoric ester groups is 2. The maximum atomic E-state index is 13.1. The molecule has 0 rings (SSSR count). The summed E-state index contributed by atoms with van der Waals surface area (Å²) in [6.45, 7) is 14.1. The number of hydrogen-bond donors (Lipinski definition) is 3. The Labute approximate surface area is 562 Å². The van der Waals surface area contributed by atoms with E-state index in [1.807, 2.05) is 0 Å². The first-order chi connectivity index (χ1) is 44.2. The lowest BCUT2D eigenvalue weighted by Crippen LogP contribution is -2.30. The molecule has 0 aromatic rings. The van der Waals surface area contributed by atoms with Gasteiger partial charge in [0.05, 0.1) is 26.4 Å². The van der Waals surface area contributed by atoms with Crippen molar-refractivity contribution in [2.45, 2.75) is 382 Å². The molecule has 0 fully saturated rings. The van der Waals surface area contributed by atoms with Gasteiger partial charge in [-0.25, -0.2) is 9.13 Å². The number of aliphatic hydroxyl groups is 1. The molecule has 0 saturated heterocycles. The van der Waals surface area contributed by atoms with E-state index in [2.05, 4.69) is 55.4 Å². The molecule has 0 heterocycles. The van der Waals surface area contributed by atoms with Gasteiger partial charge in [0.25, 0.3) is 0 Å². The van der Waals surface area contributed by atoms with Crippen molar-refractivity contribution < 1.29 is 80.2 Å². The van der Waals surface area contributed by atoms with Gasteiger partial charge in [0.2, 0.25) is 0 Å². The molecule has 0 aliphatic carbocycles. The number of aliphatic hydroxyl groups excluding tert-OH is 1. The topological polar surface area (TPSA) is 237 Å². The monoisotopic (exact) mass is 1350 g/mol. The number of carbonyl (C=O) groups is 4. The van der Waals surface area contributed by atoms with E-state index in [9.17, 15) is 43.2 Å². The van der Waals surface area contributed by atoms with Gasteiger partial charge in [-0.1, -0.05) is 312 Å². The average Bonchev–Trinajstić information content (AvgIpc) is 2.53. The average molecular weight is 1350 g/mol. The van der Waals surface area contributed by atoms with Crippen LogP contribution < -0.4 is 0 Å². The third-order valence-electron chi connectivity index (χ3n) is 17.9. The summed E-state index contributed by atoms with van der Waals surface area (Å²) in [4.78, 5) is 72.6. The summed E-state index contributed by atoms with van der Waals surface area (Å²) in [5.41, 5.74) is 0. The van der Waals surface area contributed by atoms with Gasteiger partial charge in [0, 0.05) is 25.7 Å². The predicted octanol–water partition coefficient (Wildman–Crippen LogP) is 20.9. The Morgan fingerprint density at radius 2 is 0.522 bits per heavy atom. The quantitative estimate of drug-likeness (QED) is 0.0222. The molecule has 0 bridgehead atoms. The second-order valence-corrected chi connectivity index (χ2v) is 30.4. The van der Waals surface area contributed by atoms with Gasteiger partial charge in [-0.05, 0) is 49.4 Å². The Bertz CT molecular complexity index is 1820. The highest BCUT2D eigenvalue weighted by atomic mass is 31.2. The minimum absolute atomic E-state index is 0.102. The molecule has 17 nitrogen and oxygen atoms in total. The number of ether oxygens (including phenoxy) is 4. The fourth-order valence-electron chi connectivity index (χ4n) is 10.9. The Morgan fingerprint density at radius 1 is 0.304 bits per heavy atom. The zero-order valence-corrected chi connectivity index (χ0v) is 62.0. The minimum atomic E-state index is -4.96. The van der Waals surface area contributed by atoms with E-state index < -0.39 is 97.5 Å². The summed E-state index contributed by atoms with van der Waals surface area (Å²) in [5, 5.41) is 10.6. The standard InChI is InChI=1S/C73H142O17P2/c1-9-64(6)50-42-34-26-22-18-14-12-13-15-19-23-27-37-45-53-70(75)83-59-68(89-72(77)55-47-39-28-24-20-16-17-21-25-33-41-49-63(4)5)61-87-91(79,80)85-57-67(74)58-86-92(81,82)88-62-69(90-73(78)56-48-40-32-30-36-44-52-66(8)11-3)60-84-71(76)54-46-38-31-29-35-43-51-65(7)10-2/h63-69,74H,9-62H2,1-8H3,(H,79,80)(H,81,82)/t64?,65?,66?,67-,68-,69-/m1/s1. The summed E-state index contributed by atoms with van der Waals surface area (Å²) >= 11 is 0. The van der Waals surface area contributed by atoms with Crippen LogP contribution in [-0.4, -0.2) is 96.7 Å². The van der Waals surface area contributed by atoms with E-state index in [1.165, 1.54) is 161 Å². The zero-order chi connectivity index (χ0) is 68.2. The number of hydrogen-bond acceptors (Lipinski definition) is 15. The van der Waals surface area contributed by atoms with Gasteiger partial charge in [-0.3, -0.25) is 37.3 Å². The lowest BCUT2D eigenvalue weighted by molar-refractivity contribution is -0.161. The summed E-state index contributed by atoms with van der Waals surface area (Å²) in [6.07, 6.45) is 45.8. The number of phosphoric acid groups is 2. The van der Waals surface area contributed by atoms with Crippen molar-refractivity contribution in [3.05, 3.63) is 0 Å². The maximum Gasteiger partial charge on any atom is 0.472 e. The zero-order valence-electron chi connectivity index (χ0n) is 60.2. The van der Waals surface area contributed by atoms with Crippen molar-refractivity contribution in [2.24, 2.45) is 23.7 Å². The second-order valence-electron chi connectivity index (χ2n) is 27.5. The Balaban J connectivity index is 5.23. The van der Waals surface area contributed by atoms with Crippen molar-refractivity contribution in [1.82, 2.24) is 0 Å². The minimum Gasteiger partial charge on any atom is -0.462 e. The van der Waals surface area contributed by atoms with Crippen LogP contribution in [-0.2, 0) is 65.4 Å². The van der Waals surface area contributed by atoms with E-state index in [0.29, 0.717) is 25.7 Å². The van der Waals surface area contributed by atoms with Crippen LogP contribution in [0.4, 0.5) is 0 Å². The molecular weight excluding hydrogens is 1210 g/mol. The van der Waals surface area contributed by atoms with Gasteiger partial charge in [0.15, 0.2) is 12.2 Å². The summed E-state index contributed by atoms with van der Waals surface area (Å²) < 4.78 is 68.4. The van der Waals surface area contributed by atoms with Gasteiger partial charge in [0.1, 0.15) is 19.3 Å². The van der Waals surface area contributed by atoms with Crippen LogP contribution in [0.2, 0.25) is 0 Å². The van der Waals surface area contributed by atoms with E-state index in [-0.39, 0.29) is 25.7 Å². The van der Waals surface area contributed by atoms with E-state index in [0.717, 1.165) is 120 Å². The first kappa shape index (κ1) is 90.1. The number of esters is 4. The fraction of sp³-hybridized carbons (Fsp3) is 0.945. The number of unbranched alkanes of at least 4 members (excludes halogenated alkanes) is 33. The Hall–Kier alpha value is -1.94.